The van der Waals surface area contributed by atoms with Gasteiger partial charge >= 0.3 is 29.4 Å². The fourth-order valence-electron chi connectivity index (χ4n) is 5.42. The predicted octanol–water partition coefficient (Wildman–Crippen LogP) is 8.79. The largest absolute Gasteiger partial charge is 0.508 e. The van der Waals surface area contributed by atoms with Crippen LogP contribution < -0.4 is 9.05 Å². The number of phenolic OH excluding ortho intramolecular Hbond substituents is 1. The van der Waals surface area contributed by atoms with Crippen LogP contribution in [0.3, 0.4) is 0 Å². The van der Waals surface area contributed by atoms with Crippen molar-refractivity contribution in [3.63, 3.8) is 0 Å². The number of hydrogen-bond donors (Lipinski definition) is 1. The smallest absolute Gasteiger partial charge is 0.368 e. The number of benzene rings is 3. The van der Waals surface area contributed by atoms with Gasteiger partial charge in [0.2, 0.25) is 0 Å². The molecule has 0 amide bonds. The Morgan fingerprint density at radius 1 is 0.559 bits per heavy atom. The average Bonchev–Trinajstić information content (AvgIpc) is 3.25. The van der Waals surface area contributed by atoms with E-state index < -0.39 is 37.8 Å². The van der Waals surface area contributed by atoms with Crippen molar-refractivity contribution in [2.75, 3.05) is 102 Å². The molecule has 0 aliphatic rings. The van der Waals surface area contributed by atoms with Gasteiger partial charge in [-0.15, -0.1) is 0 Å². The zero-order valence-corrected chi connectivity index (χ0v) is 40.3. The van der Waals surface area contributed by atoms with Crippen LogP contribution >= 0.6 is 37.8 Å². The van der Waals surface area contributed by atoms with Gasteiger partial charge in [-0.25, -0.2) is 4.67 Å². The minimum absolute atomic E-state index is 0.0672. The first-order valence-electron chi connectivity index (χ1n) is 18.1. The number of hydrogen-bond acceptors (Lipinski definition) is 17. The SMILES string of the molecule is COP(CN(CCc1ccc(OP(=S)(Oc2ccc(CCN(CP(=O)(OC)OC)CP(=O)(OC)OC)cc2)N(C)Cc2ccc(O)cc2)cc1)CP(=O)(OC)OC)OC. The number of phenols is 1. The van der Waals surface area contributed by atoms with Gasteiger partial charge in [0.1, 0.15) is 36.1 Å². The molecule has 1 unspecified atom stereocenters. The van der Waals surface area contributed by atoms with E-state index in [9.17, 15) is 18.8 Å². The Morgan fingerprint density at radius 3 is 1.29 bits per heavy atom. The second kappa shape index (κ2) is 24.9. The van der Waals surface area contributed by atoms with Gasteiger partial charge in [-0.05, 0) is 73.0 Å². The maximum Gasteiger partial charge on any atom is 0.368 e. The molecule has 0 aromatic heterocycles. The van der Waals surface area contributed by atoms with E-state index in [0.717, 1.165) is 16.7 Å². The summed E-state index contributed by atoms with van der Waals surface area (Å²) in [6, 6.07) is 21.7. The van der Waals surface area contributed by atoms with E-state index in [1.165, 1.54) is 42.7 Å². The molecule has 0 bridgehead atoms. The summed E-state index contributed by atoms with van der Waals surface area (Å²) in [5.41, 5.74) is 2.79. The molecular formula is C36H58N3O14P5S. The molecule has 23 heteroatoms. The van der Waals surface area contributed by atoms with Crippen LogP contribution in [0.15, 0.2) is 72.8 Å². The topological polar surface area (TPSA) is 173 Å². The second-order valence-corrected chi connectivity index (χ2v) is 24.7. The first kappa shape index (κ1) is 51.7. The van der Waals surface area contributed by atoms with Gasteiger partial charge in [-0.3, -0.25) is 23.5 Å². The summed E-state index contributed by atoms with van der Waals surface area (Å²) >= 11 is 6.19. The zero-order valence-electron chi connectivity index (χ0n) is 35.0. The first-order chi connectivity index (χ1) is 28.0. The van der Waals surface area contributed by atoms with E-state index in [0.29, 0.717) is 50.3 Å². The lowest BCUT2D eigenvalue weighted by molar-refractivity contribution is 0.224. The Hall–Kier alpha value is -1.61. The molecule has 3 aromatic carbocycles. The molecule has 0 aliphatic heterocycles. The van der Waals surface area contributed by atoms with Gasteiger partial charge in [0.05, 0.1) is 6.29 Å². The van der Waals surface area contributed by atoms with Crippen molar-refractivity contribution >= 4 is 49.6 Å². The molecule has 0 radical (unpaired) electrons. The molecule has 0 fully saturated rings. The van der Waals surface area contributed by atoms with Crippen LogP contribution in [-0.2, 0) is 81.1 Å². The Morgan fingerprint density at radius 2 is 0.915 bits per heavy atom. The zero-order chi connectivity index (χ0) is 43.7. The molecule has 3 rings (SSSR count). The molecule has 332 valence electrons. The standard InChI is InChI=1S/C36H58N3O14P5S/c1-37(26-33-10-16-34(40)17-11-33)58(59,52-35-18-12-31(13-19-35)22-24-38(27-54(44-2)45-3)28-55(41,46-4)47-5)53-36-20-14-32(15-21-36)23-25-39(29-56(42,48-6)49-7)30-57(43,50-8)51-9/h10-21,40H,22-30H2,1-9H3. The van der Waals surface area contributed by atoms with Crippen LogP contribution in [-0.4, -0.2) is 122 Å². The third-order valence-electron chi connectivity index (χ3n) is 9.00. The first-order valence-corrected chi connectivity index (χ1v) is 27.2. The molecule has 59 heavy (non-hydrogen) atoms. The summed E-state index contributed by atoms with van der Waals surface area (Å²) < 4.78 is 95.6. The molecule has 0 heterocycles. The van der Waals surface area contributed by atoms with E-state index in [-0.39, 0.29) is 24.6 Å². The van der Waals surface area contributed by atoms with Crippen LogP contribution in [0.25, 0.3) is 0 Å². The lowest BCUT2D eigenvalue weighted by Crippen LogP contribution is -2.29. The van der Waals surface area contributed by atoms with Crippen molar-refractivity contribution in [1.29, 1.82) is 0 Å². The lowest BCUT2D eigenvalue weighted by Gasteiger charge is -2.31. The number of aromatic hydroxyl groups is 1. The highest BCUT2D eigenvalue weighted by molar-refractivity contribution is 8.09. The van der Waals surface area contributed by atoms with Gasteiger partial charge < -0.3 is 50.3 Å². The normalized spacial score (nSPS) is 13.7. The van der Waals surface area contributed by atoms with Crippen molar-refractivity contribution in [1.82, 2.24) is 14.5 Å². The molecule has 0 saturated carbocycles. The van der Waals surface area contributed by atoms with Gasteiger partial charge in [0, 0.05) is 88.3 Å². The highest BCUT2D eigenvalue weighted by atomic mass is 32.5. The lowest BCUT2D eigenvalue weighted by atomic mass is 10.1. The highest BCUT2D eigenvalue weighted by Crippen LogP contribution is 2.53. The van der Waals surface area contributed by atoms with Crippen LogP contribution in [0.5, 0.6) is 17.2 Å². The predicted molar refractivity (Wildman–Crippen MR) is 234 cm³/mol. The third-order valence-corrected chi connectivity index (χ3v) is 19.2. The summed E-state index contributed by atoms with van der Waals surface area (Å²) in [5.74, 6) is 1.13. The maximum atomic E-state index is 13.0. The van der Waals surface area contributed by atoms with Crippen LogP contribution in [0, 0.1) is 0 Å². The minimum Gasteiger partial charge on any atom is -0.508 e. The number of nitrogens with zero attached hydrogens (tertiary/aromatic N) is 3. The Kier molecular flexibility index (Phi) is 21.8. The Balaban J connectivity index is 1.81. The van der Waals surface area contributed by atoms with Crippen LogP contribution in [0.2, 0.25) is 0 Å². The molecule has 1 atom stereocenters. The fourth-order valence-corrected chi connectivity index (χ4v) is 12.1. The van der Waals surface area contributed by atoms with E-state index in [2.05, 4.69) is 0 Å². The van der Waals surface area contributed by atoms with Gasteiger partial charge in [-0.1, -0.05) is 36.4 Å². The molecule has 0 aliphatic carbocycles. The minimum atomic E-state index is -3.48. The van der Waals surface area contributed by atoms with Gasteiger partial charge in [0.15, 0.2) is 8.38 Å². The van der Waals surface area contributed by atoms with Crippen molar-refractivity contribution in [2.45, 2.75) is 19.4 Å². The summed E-state index contributed by atoms with van der Waals surface area (Å²) in [5, 5.41) is 9.84. The highest BCUT2D eigenvalue weighted by Gasteiger charge is 2.33. The van der Waals surface area contributed by atoms with Gasteiger partial charge in [-0.2, -0.15) is 0 Å². The second-order valence-electron chi connectivity index (χ2n) is 12.9. The van der Waals surface area contributed by atoms with Crippen molar-refractivity contribution in [2.24, 2.45) is 0 Å². The maximum absolute atomic E-state index is 13.0. The van der Waals surface area contributed by atoms with E-state index >= 15 is 0 Å². The summed E-state index contributed by atoms with van der Waals surface area (Å²) in [6.45, 7) is -2.02. The van der Waals surface area contributed by atoms with Crippen molar-refractivity contribution in [3.05, 3.63) is 89.5 Å². The monoisotopic (exact) mass is 943 g/mol. The summed E-state index contributed by atoms with van der Waals surface area (Å²) in [4.78, 5) is 3.60. The van der Waals surface area contributed by atoms with Crippen molar-refractivity contribution < 1.29 is 64.0 Å². The quantitative estimate of drug-likeness (QED) is 0.0654. The van der Waals surface area contributed by atoms with E-state index in [1.54, 1.807) is 55.5 Å². The molecule has 3 aromatic rings. The van der Waals surface area contributed by atoms with Crippen molar-refractivity contribution in [3.8, 4) is 17.2 Å². The van der Waals surface area contributed by atoms with Gasteiger partial charge in [0.25, 0.3) is 0 Å². The third kappa shape index (κ3) is 16.9. The van der Waals surface area contributed by atoms with E-state index in [1.807, 2.05) is 53.0 Å². The van der Waals surface area contributed by atoms with Crippen LogP contribution in [0.4, 0.5) is 0 Å². The summed E-state index contributed by atoms with van der Waals surface area (Å²) in [7, 11) is 1.33. The Bertz CT molecular complexity index is 1840. The molecule has 0 saturated heterocycles. The molecular weight excluding hydrogens is 885 g/mol. The fraction of sp³-hybridized carbons (Fsp3) is 0.500. The molecule has 0 spiro atoms. The summed E-state index contributed by atoms with van der Waals surface area (Å²) in [6.07, 6.45) is 1.31. The number of rotatable bonds is 29. The van der Waals surface area contributed by atoms with E-state index in [4.69, 9.17) is 57.0 Å². The Labute approximate surface area is 355 Å². The molecule has 1 N–H and O–H groups in total. The van der Waals surface area contributed by atoms with Crippen LogP contribution in [0.1, 0.15) is 16.7 Å². The molecule has 17 nitrogen and oxygen atoms in total. The average molecular weight is 944 g/mol.